The minimum atomic E-state index is 0.463. The Kier molecular flexibility index (Phi) is 6.03. The van der Waals surface area contributed by atoms with Crippen molar-refractivity contribution in [1.82, 2.24) is 14.5 Å². The molecule has 43 heavy (non-hydrogen) atoms. The molecule has 0 saturated carbocycles. The van der Waals surface area contributed by atoms with Gasteiger partial charge in [0, 0.05) is 53.9 Å². The first kappa shape index (κ1) is 25.1. The van der Waals surface area contributed by atoms with E-state index in [2.05, 4.69) is 146 Å². The van der Waals surface area contributed by atoms with Crippen molar-refractivity contribution in [2.24, 2.45) is 0 Å². The molecule has 0 aliphatic rings. The number of benzene rings is 7. The Morgan fingerprint density at radius 1 is 0.349 bits per heavy atom. The molecule has 3 nitrogen and oxygen atoms in total. The highest BCUT2D eigenvalue weighted by molar-refractivity contribution is 6.07. The molecule has 7 aromatic carbocycles. The molecule has 0 N–H and O–H groups in total. The second-order valence-electron chi connectivity index (χ2n) is 10.8. The highest BCUT2D eigenvalue weighted by Crippen LogP contribution is 2.51. The van der Waals surface area contributed by atoms with Gasteiger partial charge in [-0.2, -0.15) is 4.48 Å². The van der Waals surface area contributed by atoms with Gasteiger partial charge >= 0.3 is 0 Å². The summed E-state index contributed by atoms with van der Waals surface area (Å²) in [5.41, 5.74) is 10.6. The number of nitrogens with zero attached hydrogens (tertiary/aromatic N) is 3. The number of hydrogen-bond donors (Lipinski definition) is 0. The van der Waals surface area contributed by atoms with E-state index in [9.17, 15) is 0 Å². The van der Waals surface area contributed by atoms with Gasteiger partial charge in [0.15, 0.2) is 0 Å². The standard InChI is InChI=1S/C40H28N3/c1-4-14-32(15-5-1)43(33-16-6-2-7-17-33,34-18-8-3-9-19-34)35-20-12-13-30(27-35)31-24-23-29-25-26-39-40(36(29)28-31)42-38-22-11-10-21-37(38)41-39/h1-28H/q+1. The van der Waals surface area contributed by atoms with Gasteiger partial charge in [-0.25, -0.2) is 9.97 Å². The van der Waals surface area contributed by atoms with E-state index in [1.807, 2.05) is 24.3 Å². The topological polar surface area (TPSA) is 25.8 Å². The average molecular weight is 551 g/mol. The second kappa shape index (κ2) is 10.3. The maximum Gasteiger partial charge on any atom is 0.148 e. The average Bonchev–Trinajstić information content (AvgIpc) is 3.09. The van der Waals surface area contributed by atoms with Crippen LogP contribution in [0.15, 0.2) is 170 Å². The van der Waals surface area contributed by atoms with E-state index in [0.29, 0.717) is 4.48 Å². The molecule has 0 unspecified atom stereocenters. The molecule has 8 rings (SSSR count). The van der Waals surface area contributed by atoms with Crippen molar-refractivity contribution in [2.75, 3.05) is 0 Å². The molecule has 0 spiro atoms. The normalized spacial score (nSPS) is 11.7. The van der Waals surface area contributed by atoms with Crippen LogP contribution in [0.3, 0.4) is 0 Å². The van der Waals surface area contributed by atoms with E-state index >= 15 is 0 Å². The predicted molar refractivity (Wildman–Crippen MR) is 180 cm³/mol. The third kappa shape index (κ3) is 4.18. The van der Waals surface area contributed by atoms with Gasteiger partial charge in [-0.05, 0) is 40.8 Å². The zero-order chi connectivity index (χ0) is 28.6. The maximum atomic E-state index is 5.05. The molecule has 1 heterocycles. The Morgan fingerprint density at radius 2 is 0.860 bits per heavy atom. The summed E-state index contributed by atoms with van der Waals surface area (Å²) >= 11 is 0. The van der Waals surface area contributed by atoms with Crippen molar-refractivity contribution < 1.29 is 0 Å². The van der Waals surface area contributed by atoms with E-state index in [-0.39, 0.29) is 0 Å². The fourth-order valence-electron chi connectivity index (χ4n) is 6.33. The quantitative estimate of drug-likeness (QED) is 0.121. The Balaban J connectivity index is 1.37. The smallest absolute Gasteiger partial charge is 0.148 e. The van der Waals surface area contributed by atoms with Gasteiger partial charge in [-0.3, -0.25) is 0 Å². The van der Waals surface area contributed by atoms with E-state index in [4.69, 9.17) is 9.97 Å². The minimum Gasteiger partial charge on any atom is -0.244 e. The summed E-state index contributed by atoms with van der Waals surface area (Å²) in [5.74, 6) is 0. The lowest BCUT2D eigenvalue weighted by atomic mass is 9.98. The lowest BCUT2D eigenvalue weighted by Gasteiger charge is -2.37. The summed E-state index contributed by atoms with van der Waals surface area (Å²) < 4.78 is 0.463. The lowest BCUT2D eigenvalue weighted by Crippen LogP contribution is -2.33. The largest absolute Gasteiger partial charge is 0.244 e. The van der Waals surface area contributed by atoms with Gasteiger partial charge in [0.25, 0.3) is 0 Å². The molecule has 0 radical (unpaired) electrons. The van der Waals surface area contributed by atoms with Crippen LogP contribution in [-0.4, -0.2) is 9.97 Å². The van der Waals surface area contributed by atoms with Crippen molar-refractivity contribution in [3.63, 3.8) is 0 Å². The number of quaternary nitrogens is 1. The molecule has 202 valence electrons. The monoisotopic (exact) mass is 550 g/mol. The van der Waals surface area contributed by atoms with Crippen LogP contribution in [0.25, 0.3) is 44.0 Å². The summed E-state index contributed by atoms with van der Waals surface area (Å²) in [6, 6.07) is 60.2. The van der Waals surface area contributed by atoms with Gasteiger partial charge in [-0.1, -0.05) is 97.1 Å². The van der Waals surface area contributed by atoms with Crippen LogP contribution < -0.4 is 4.48 Å². The summed E-state index contributed by atoms with van der Waals surface area (Å²) in [6.07, 6.45) is 0. The Hall–Kier alpha value is -5.64. The molecule has 0 amide bonds. The Bertz CT molecular complexity index is 2130. The van der Waals surface area contributed by atoms with Crippen LogP contribution in [0, 0.1) is 0 Å². The fourth-order valence-corrected chi connectivity index (χ4v) is 6.33. The predicted octanol–water partition coefficient (Wildman–Crippen LogP) is 10.9. The molecule has 0 atom stereocenters. The van der Waals surface area contributed by atoms with Crippen molar-refractivity contribution in [2.45, 2.75) is 0 Å². The zero-order valence-electron chi connectivity index (χ0n) is 23.5. The number of hydrogen-bond acceptors (Lipinski definition) is 2. The molecule has 0 bridgehead atoms. The number of para-hydroxylation sites is 5. The van der Waals surface area contributed by atoms with Crippen LogP contribution in [0.2, 0.25) is 0 Å². The fraction of sp³-hybridized carbons (Fsp3) is 0. The highest BCUT2D eigenvalue weighted by atomic mass is 15.4. The molecule has 8 aromatic rings. The van der Waals surface area contributed by atoms with Gasteiger partial charge in [0.2, 0.25) is 0 Å². The van der Waals surface area contributed by atoms with Crippen LogP contribution >= 0.6 is 0 Å². The lowest BCUT2D eigenvalue weighted by molar-refractivity contribution is 0.704. The van der Waals surface area contributed by atoms with E-state index in [1.165, 1.54) is 17.1 Å². The molecular formula is C40H28N3+. The highest BCUT2D eigenvalue weighted by Gasteiger charge is 2.39. The van der Waals surface area contributed by atoms with Crippen LogP contribution in [-0.2, 0) is 0 Å². The van der Waals surface area contributed by atoms with Crippen LogP contribution in [0.5, 0.6) is 0 Å². The van der Waals surface area contributed by atoms with Crippen molar-refractivity contribution in [3.05, 3.63) is 170 Å². The van der Waals surface area contributed by atoms with E-state index < -0.39 is 0 Å². The summed E-state index contributed by atoms with van der Waals surface area (Å²) in [7, 11) is 0. The SMILES string of the molecule is c1ccc([N+](c2ccccc2)(c2ccccc2)c2cccc(-c3ccc4ccc5nc6ccccc6nc5c4c3)c2)cc1. The van der Waals surface area contributed by atoms with Crippen LogP contribution in [0.1, 0.15) is 0 Å². The maximum absolute atomic E-state index is 5.05. The summed E-state index contributed by atoms with van der Waals surface area (Å²) in [6.45, 7) is 0. The molecule has 1 aromatic heterocycles. The number of rotatable bonds is 5. The Morgan fingerprint density at radius 3 is 1.49 bits per heavy atom. The van der Waals surface area contributed by atoms with E-state index in [0.717, 1.165) is 49.7 Å². The number of fused-ring (bicyclic) bond motifs is 4. The first-order valence-electron chi connectivity index (χ1n) is 14.6. The van der Waals surface area contributed by atoms with E-state index in [1.54, 1.807) is 0 Å². The molecule has 0 saturated heterocycles. The van der Waals surface area contributed by atoms with Crippen LogP contribution in [0.4, 0.5) is 22.7 Å². The van der Waals surface area contributed by atoms with Gasteiger partial charge < -0.3 is 0 Å². The first-order chi connectivity index (χ1) is 21.3. The number of aromatic nitrogens is 2. The molecule has 0 aliphatic carbocycles. The summed E-state index contributed by atoms with van der Waals surface area (Å²) in [5, 5.41) is 2.26. The third-order valence-corrected chi connectivity index (χ3v) is 8.32. The molecule has 3 heteroatoms. The first-order valence-corrected chi connectivity index (χ1v) is 14.6. The second-order valence-corrected chi connectivity index (χ2v) is 10.8. The van der Waals surface area contributed by atoms with Crippen molar-refractivity contribution in [1.29, 1.82) is 0 Å². The molecular weight excluding hydrogens is 522 g/mol. The summed E-state index contributed by atoms with van der Waals surface area (Å²) in [4.78, 5) is 9.96. The van der Waals surface area contributed by atoms with Gasteiger partial charge in [-0.15, -0.1) is 0 Å². The minimum absolute atomic E-state index is 0.463. The molecule has 0 aliphatic heterocycles. The van der Waals surface area contributed by atoms with Gasteiger partial charge in [0.05, 0.1) is 22.1 Å². The zero-order valence-corrected chi connectivity index (χ0v) is 23.5. The van der Waals surface area contributed by atoms with Crippen molar-refractivity contribution in [3.8, 4) is 11.1 Å². The molecule has 0 fully saturated rings. The van der Waals surface area contributed by atoms with Gasteiger partial charge in [0.1, 0.15) is 22.7 Å². The Labute approximate surface area is 250 Å². The van der Waals surface area contributed by atoms with Crippen molar-refractivity contribution >= 4 is 55.6 Å². The third-order valence-electron chi connectivity index (χ3n) is 8.32.